The van der Waals surface area contributed by atoms with Crippen LogP contribution in [0, 0.1) is 0 Å². The van der Waals surface area contributed by atoms with Crippen LogP contribution in [0.1, 0.15) is 23.7 Å². The van der Waals surface area contributed by atoms with Gasteiger partial charge in [-0.25, -0.2) is 4.79 Å². The van der Waals surface area contributed by atoms with Gasteiger partial charge in [-0.2, -0.15) is 4.99 Å². The SMILES string of the molecule is COC(=O)c1c(-c2ccc(Cl)cc2)csc1NC(=O)C1(C)CC(=O)N=C2C=CC=CN21. The summed E-state index contributed by atoms with van der Waals surface area (Å²) in [5, 5.41) is 5.53. The van der Waals surface area contributed by atoms with Gasteiger partial charge in [0.1, 0.15) is 21.9 Å². The number of amides is 2. The summed E-state index contributed by atoms with van der Waals surface area (Å²) in [5.41, 5.74) is 0.431. The van der Waals surface area contributed by atoms with Crippen molar-refractivity contribution in [1.29, 1.82) is 0 Å². The van der Waals surface area contributed by atoms with E-state index in [0.29, 0.717) is 21.4 Å². The van der Waals surface area contributed by atoms with Gasteiger partial charge in [0.2, 0.25) is 0 Å². The largest absolute Gasteiger partial charge is 0.465 e. The Labute approximate surface area is 187 Å². The number of nitrogens with one attached hydrogen (secondary N) is 1. The number of aliphatic imine (C=N–C) groups is 1. The number of ether oxygens (including phenoxy) is 1. The molecule has 2 aliphatic rings. The number of fused-ring (bicyclic) bond motifs is 1. The molecule has 0 bridgehead atoms. The molecule has 2 aromatic rings. The van der Waals surface area contributed by atoms with E-state index in [0.717, 1.165) is 5.56 Å². The molecule has 0 spiro atoms. The smallest absolute Gasteiger partial charge is 0.341 e. The molecule has 0 aliphatic carbocycles. The molecular weight excluding hydrogens is 438 g/mol. The summed E-state index contributed by atoms with van der Waals surface area (Å²) < 4.78 is 4.96. The third kappa shape index (κ3) is 3.80. The van der Waals surface area contributed by atoms with Crippen molar-refractivity contribution in [2.45, 2.75) is 18.9 Å². The van der Waals surface area contributed by atoms with E-state index >= 15 is 0 Å². The van der Waals surface area contributed by atoms with Crippen molar-refractivity contribution >= 4 is 51.6 Å². The number of hydrogen-bond donors (Lipinski definition) is 1. The molecule has 3 heterocycles. The summed E-state index contributed by atoms with van der Waals surface area (Å²) in [6, 6.07) is 7.02. The number of allylic oxidation sites excluding steroid dienone is 2. The number of hydrogen-bond acceptors (Lipinski definition) is 6. The zero-order valence-corrected chi connectivity index (χ0v) is 18.3. The van der Waals surface area contributed by atoms with Crippen LogP contribution in [-0.4, -0.2) is 41.2 Å². The molecule has 2 amide bonds. The Balaban J connectivity index is 1.70. The molecule has 1 aromatic heterocycles. The van der Waals surface area contributed by atoms with E-state index < -0.39 is 17.4 Å². The Kier molecular flexibility index (Phi) is 5.51. The standard InChI is InChI=1S/C22H18ClN3O4S/c1-22(11-17(27)24-16-5-3-4-10-26(16)22)21(29)25-19-18(20(28)30-2)15(12-31-19)13-6-8-14(23)9-7-13/h3-10,12H,11H2,1-2H3,(H,25,29). The molecule has 0 saturated carbocycles. The van der Waals surface area contributed by atoms with Crippen LogP contribution in [0.3, 0.4) is 0 Å². The van der Waals surface area contributed by atoms with E-state index in [9.17, 15) is 14.4 Å². The number of halogens is 1. The topological polar surface area (TPSA) is 88.1 Å². The molecule has 0 fully saturated rings. The third-order valence-electron chi connectivity index (χ3n) is 5.16. The predicted octanol–water partition coefficient (Wildman–Crippen LogP) is 4.27. The van der Waals surface area contributed by atoms with Gasteiger partial charge in [-0.3, -0.25) is 9.59 Å². The number of thiophene rings is 1. The van der Waals surface area contributed by atoms with Gasteiger partial charge in [-0.1, -0.05) is 29.8 Å². The highest BCUT2D eigenvalue weighted by Gasteiger charge is 2.45. The highest BCUT2D eigenvalue weighted by Crippen LogP contribution is 2.38. The summed E-state index contributed by atoms with van der Waals surface area (Å²) >= 11 is 7.18. The molecule has 158 valence electrons. The van der Waals surface area contributed by atoms with Crippen LogP contribution in [0.4, 0.5) is 5.00 Å². The van der Waals surface area contributed by atoms with Crippen molar-refractivity contribution in [3.05, 3.63) is 64.7 Å². The molecule has 1 unspecified atom stereocenters. The maximum Gasteiger partial charge on any atom is 0.341 e. The average Bonchev–Trinajstić information content (AvgIpc) is 3.17. The van der Waals surface area contributed by atoms with Crippen LogP contribution in [0.2, 0.25) is 5.02 Å². The van der Waals surface area contributed by atoms with Crippen LogP contribution >= 0.6 is 22.9 Å². The van der Waals surface area contributed by atoms with E-state index in [2.05, 4.69) is 10.3 Å². The maximum atomic E-state index is 13.4. The second-order valence-electron chi connectivity index (χ2n) is 7.19. The van der Waals surface area contributed by atoms with Crippen LogP contribution in [-0.2, 0) is 14.3 Å². The van der Waals surface area contributed by atoms with Crippen LogP contribution in [0.25, 0.3) is 11.1 Å². The first-order valence-electron chi connectivity index (χ1n) is 9.36. The van der Waals surface area contributed by atoms with E-state index in [4.69, 9.17) is 16.3 Å². The minimum absolute atomic E-state index is 0.0938. The van der Waals surface area contributed by atoms with Crippen LogP contribution in [0.5, 0.6) is 0 Å². The Bertz CT molecular complexity index is 1170. The zero-order valence-electron chi connectivity index (χ0n) is 16.7. The first-order valence-corrected chi connectivity index (χ1v) is 10.6. The number of amidine groups is 1. The minimum Gasteiger partial charge on any atom is -0.465 e. The van der Waals surface area contributed by atoms with Gasteiger partial charge in [0.15, 0.2) is 0 Å². The Morgan fingerprint density at radius 1 is 1.26 bits per heavy atom. The molecule has 1 aromatic carbocycles. The fraction of sp³-hybridized carbons (Fsp3) is 0.182. The van der Waals surface area contributed by atoms with Crippen molar-refractivity contribution in [1.82, 2.24) is 4.90 Å². The second kappa shape index (κ2) is 8.13. The molecule has 7 nitrogen and oxygen atoms in total. The number of nitrogens with zero attached hydrogens (tertiary/aromatic N) is 2. The van der Waals surface area contributed by atoms with Crippen molar-refractivity contribution in [3.8, 4) is 11.1 Å². The average molecular weight is 456 g/mol. The first-order chi connectivity index (χ1) is 14.8. The van der Waals surface area contributed by atoms with E-state index in [1.54, 1.807) is 65.9 Å². The van der Waals surface area contributed by atoms with Gasteiger partial charge in [-0.05, 0) is 36.8 Å². The number of rotatable bonds is 4. The van der Waals surface area contributed by atoms with Crippen molar-refractivity contribution < 1.29 is 19.1 Å². The van der Waals surface area contributed by atoms with E-state index in [-0.39, 0.29) is 17.9 Å². The fourth-order valence-corrected chi connectivity index (χ4v) is 4.59. The molecule has 9 heteroatoms. The Morgan fingerprint density at radius 3 is 2.71 bits per heavy atom. The summed E-state index contributed by atoms with van der Waals surface area (Å²) in [5.74, 6) is -0.986. The van der Waals surface area contributed by atoms with Crippen molar-refractivity contribution in [2.75, 3.05) is 12.4 Å². The quantitative estimate of drug-likeness (QED) is 0.695. The Morgan fingerprint density at radius 2 is 2.00 bits per heavy atom. The molecule has 4 rings (SSSR count). The molecule has 2 aliphatic heterocycles. The highest BCUT2D eigenvalue weighted by molar-refractivity contribution is 7.15. The van der Waals surface area contributed by atoms with Gasteiger partial charge in [0, 0.05) is 22.2 Å². The summed E-state index contributed by atoms with van der Waals surface area (Å²) in [6.07, 6.45) is 6.80. The Hall–Kier alpha value is -3.23. The lowest BCUT2D eigenvalue weighted by Crippen LogP contribution is -2.58. The number of methoxy groups -OCH3 is 1. The van der Waals surface area contributed by atoms with Crippen molar-refractivity contribution in [3.63, 3.8) is 0 Å². The van der Waals surface area contributed by atoms with Crippen molar-refractivity contribution in [2.24, 2.45) is 4.99 Å². The summed E-state index contributed by atoms with van der Waals surface area (Å²) in [6.45, 7) is 1.67. The predicted molar refractivity (Wildman–Crippen MR) is 120 cm³/mol. The van der Waals surface area contributed by atoms with Gasteiger partial charge in [0.25, 0.3) is 11.8 Å². The number of benzene rings is 1. The van der Waals surface area contributed by atoms with E-state index in [1.165, 1.54) is 18.4 Å². The van der Waals surface area contributed by atoms with Gasteiger partial charge in [0.05, 0.1) is 13.5 Å². The number of carbonyl (C=O) groups is 3. The second-order valence-corrected chi connectivity index (χ2v) is 8.51. The first kappa shape index (κ1) is 21.0. The third-order valence-corrected chi connectivity index (χ3v) is 6.30. The van der Waals surface area contributed by atoms with Crippen LogP contribution < -0.4 is 5.32 Å². The van der Waals surface area contributed by atoms with E-state index in [1.807, 2.05) is 0 Å². The maximum absolute atomic E-state index is 13.4. The van der Waals surface area contributed by atoms with Gasteiger partial charge < -0.3 is 15.0 Å². The number of anilines is 1. The molecule has 31 heavy (non-hydrogen) atoms. The van der Waals surface area contributed by atoms with Gasteiger partial charge in [-0.15, -0.1) is 11.3 Å². The molecule has 0 radical (unpaired) electrons. The molecule has 0 saturated heterocycles. The molecule has 1 N–H and O–H groups in total. The van der Waals surface area contributed by atoms with Gasteiger partial charge >= 0.3 is 5.97 Å². The number of carbonyl (C=O) groups excluding carboxylic acids is 3. The zero-order chi connectivity index (χ0) is 22.2. The number of esters is 1. The summed E-state index contributed by atoms with van der Waals surface area (Å²) in [7, 11) is 1.28. The highest BCUT2D eigenvalue weighted by atomic mass is 35.5. The summed E-state index contributed by atoms with van der Waals surface area (Å²) in [4.78, 5) is 43.8. The molecular formula is C22H18ClN3O4S. The lowest BCUT2D eigenvalue weighted by Gasteiger charge is -2.41. The normalized spacial score (nSPS) is 19.6. The monoisotopic (exact) mass is 455 g/mol. The lowest BCUT2D eigenvalue weighted by molar-refractivity contribution is -0.130. The fourth-order valence-electron chi connectivity index (χ4n) is 3.51. The lowest BCUT2D eigenvalue weighted by atomic mass is 9.91. The van der Waals surface area contributed by atoms with Crippen LogP contribution in [0.15, 0.2) is 59.1 Å². The molecule has 1 atom stereocenters. The minimum atomic E-state index is -1.20.